The third kappa shape index (κ3) is 4.79. The standard InChI is InChI=1S/C20H20F2N2O3S2/c1-3-12-9-10-28-20(12)24(16(25)7-8-17(26)27-4-2)11-15-23-14-6-5-13(21)18(22)19(14)29-15/h5-6,9-10H,3-4,7-8,11H2,1-2H3. The maximum absolute atomic E-state index is 14.0. The minimum absolute atomic E-state index is 0.00618. The number of rotatable bonds is 8. The minimum Gasteiger partial charge on any atom is -0.466 e. The Labute approximate surface area is 174 Å². The van der Waals surface area contributed by atoms with Gasteiger partial charge in [0.05, 0.1) is 29.8 Å². The number of hydrogen-bond donors (Lipinski definition) is 0. The van der Waals surface area contributed by atoms with Gasteiger partial charge in [-0.05, 0) is 42.5 Å². The molecule has 0 atom stereocenters. The predicted octanol–water partition coefficient (Wildman–Crippen LogP) is 5.07. The zero-order valence-corrected chi connectivity index (χ0v) is 17.7. The van der Waals surface area contributed by atoms with Crippen LogP contribution in [0.1, 0.15) is 37.3 Å². The number of aromatic nitrogens is 1. The van der Waals surface area contributed by atoms with Crippen LogP contribution in [0.15, 0.2) is 23.6 Å². The summed E-state index contributed by atoms with van der Waals surface area (Å²) in [6.45, 7) is 4.08. The highest BCUT2D eigenvalue weighted by atomic mass is 32.1. The summed E-state index contributed by atoms with van der Waals surface area (Å²) in [5.74, 6) is -2.54. The molecule has 3 aromatic rings. The summed E-state index contributed by atoms with van der Waals surface area (Å²) in [5.41, 5.74) is 1.35. The van der Waals surface area contributed by atoms with E-state index in [-0.39, 0.29) is 36.6 Å². The molecule has 0 unspecified atom stereocenters. The van der Waals surface area contributed by atoms with Crippen LogP contribution in [0.4, 0.5) is 13.8 Å². The SMILES string of the molecule is CCOC(=O)CCC(=O)N(Cc1nc2ccc(F)c(F)c2s1)c1sccc1CC. The summed E-state index contributed by atoms with van der Waals surface area (Å²) < 4.78 is 32.6. The van der Waals surface area contributed by atoms with Gasteiger partial charge in [-0.1, -0.05) is 6.92 Å². The maximum Gasteiger partial charge on any atom is 0.306 e. The van der Waals surface area contributed by atoms with Crippen molar-refractivity contribution in [3.8, 4) is 0 Å². The molecule has 0 saturated heterocycles. The number of thiophene rings is 1. The van der Waals surface area contributed by atoms with Crippen LogP contribution in [0.5, 0.6) is 0 Å². The molecule has 0 saturated carbocycles. The molecule has 154 valence electrons. The number of fused-ring (bicyclic) bond motifs is 1. The average Bonchev–Trinajstić information content (AvgIpc) is 3.34. The van der Waals surface area contributed by atoms with E-state index in [2.05, 4.69) is 4.98 Å². The van der Waals surface area contributed by atoms with Crippen LogP contribution in [-0.4, -0.2) is 23.5 Å². The molecule has 3 rings (SSSR count). The van der Waals surface area contributed by atoms with Crippen LogP contribution in [0.3, 0.4) is 0 Å². The molecule has 0 spiro atoms. The molecule has 0 radical (unpaired) electrons. The highest BCUT2D eigenvalue weighted by Gasteiger charge is 2.23. The minimum atomic E-state index is -0.934. The van der Waals surface area contributed by atoms with Gasteiger partial charge in [-0.15, -0.1) is 22.7 Å². The molecule has 0 aliphatic rings. The van der Waals surface area contributed by atoms with Crippen molar-refractivity contribution in [2.75, 3.05) is 11.5 Å². The van der Waals surface area contributed by atoms with Crippen molar-refractivity contribution in [2.45, 2.75) is 39.7 Å². The largest absolute Gasteiger partial charge is 0.466 e. The number of benzene rings is 1. The normalized spacial score (nSPS) is 11.0. The first-order valence-corrected chi connectivity index (χ1v) is 10.9. The molecule has 2 aromatic heterocycles. The van der Waals surface area contributed by atoms with E-state index in [1.54, 1.807) is 11.8 Å². The zero-order chi connectivity index (χ0) is 21.0. The Bertz CT molecular complexity index is 1030. The van der Waals surface area contributed by atoms with Crippen molar-refractivity contribution in [1.82, 2.24) is 4.98 Å². The number of amides is 1. The number of ether oxygens (including phenoxy) is 1. The summed E-state index contributed by atoms with van der Waals surface area (Å²) in [5, 5.41) is 3.16. The molecule has 9 heteroatoms. The molecule has 1 amide bonds. The number of carbonyl (C=O) groups excluding carboxylic acids is 2. The van der Waals surface area contributed by atoms with Crippen molar-refractivity contribution in [3.63, 3.8) is 0 Å². The van der Waals surface area contributed by atoms with E-state index in [9.17, 15) is 18.4 Å². The Morgan fingerprint density at radius 3 is 2.69 bits per heavy atom. The van der Waals surface area contributed by atoms with Gasteiger partial charge in [-0.25, -0.2) is 13.8 Å². The van der Waals surface area contributed by atoms with Gasteiger partial charge in [0.25, 0.3) is 0 Å². The lowest BCUT2D eigenvalue weighted by molar-refractivity contribution is -0.144. The summed E-state index contributed by atoms with van der Waals surface area (Å²) >= 11 is 2.44. The molecule has 0 N–H and O–H groups in total. The van der Waals surface area contributed by atoms with Gasteiger partial charge in [0.2, 0.25) is 5.91 Å². The number of nitrogens with zero attached hydrogens (tertiary/aromatic N) is 2. The van der Waals surface area contributed by atoms with Gasteiger partial charge in [0.1, 0.15) is 10.0 Å². The smallest absolute Gasteiger partial charge is 0.306 e. The Balaban J connectivity index is 1.88. The van der Waals surface area contributed by atoms with Crippen LogP contribution >= 0.6 is 22.7 Å². The molecular formula is C20H20F2N2O3S2. The van der Waals surface area contributed by atoms with E-state index in [0.29, 0.717) is 10.5 Å². The van der Waals surface area contributed by atoms with Crippen molar-refractivity contribution in [1.29, 1.82) is 0 Å². The van der Waals surface area contributed by atoms with Gasteiger partial charge in [-0.2, -0.15) is 0 Å². The topological polar surface area (TPSA) is 59.5 Å². The van der Waals surface area contributed by atoms with Gasteiger partial charge in [0, 0.05) is 6.42 Å². The lowest BCUT2D eigenvalue weighted by Gasteiger charge is -2.21. The van der Waals surface area contributed by atoms with Gasteiger partial charge in [-0.3, -0.25) is 14.5 Å². The second-order valence-corrected chi connectivity index (χ2v) is 8.18. The summed E-state index contributed by atoms with van der Waals surface area (Å²) in [6.07, 6.45) is 0.712. The molecule has 5 nitrogen and oxygen atoms in total. The van der Waals surface area contributed by atoms with Crippen LogP contribution in [-0.2, 0) is 27.3 Å². The zero-order valence-electron chi connectivity index (χ0n) is 16.0. The third-order valence-corrected chi connectivity index (χ3v) is 6.31. The fraction of sp³-hybridized carbons (Fsp3) is 0.350. The van der Waals surface area contributed by atoms with Crippen molar-refractivity contribution >= 4 is 49.8 Å². The summed E-state index contributed by atoms with van der Waals surface area (Å²) in [4.78, 5) is 30.5. The van der Waals surface area contributed by atoms with Crippen LogP contribution in [0, 0.1) is 11.6 Å². The van der Waals surface area contributed by atoms with Crippen molar-refractivity contribution in [2.24, 2.45) is 0 Å². The molecule has 1 aromatic carbocycles. The molecule has 29 heavy (non-hydrogen) atoms. The Kier molecular flexibility index (Phi) is 6.92. The van der Waals surface area contributed by atoms with Gasteiger partial charge < -0.3 is 4.74 Å². The second-order valence-electron chi connectivity index (χ2n) is 6.21. The van der Waals surface area contributed by atoms with Crippen LogP contribution < -0.4 is 4.90 Å². The number of esters is 1. The molecule has 0 aliphatic carbocycles. The number of hydrogen-bond acceptors (Lipinski definition) is 6. The Hall–Kier alpha value is -2.39. The van der Waals surface area contributed by atoms with Crippen molar-refractivity contribution in [3.05, 3.63) is 45.8 Å². The molecule has 0 aliphatic heterocycles. The highest BCUT2D eigenvalue weighted by molar-refractivity contribution is 7.18. The number of thiazole rings is 1. The van der Waals surface area contributed by atoms with Crippen LogP contribution in [0.2, 0.25) is 0 Å². The Morgan fingerprint density at radius 1 is 1.17 bits per heavy atom. The lowest BCUT2D eigenvalue weighted by atomic mass is 10.2. The molecule has 0 fully saturated rings. The number of halogens is 2. The van der Waals surface area contributed by atoms with E-state index >= 15 is 0 Å². The summed E-state index contributed by atoms with van der Waals surface area (Å²) in [7, 11) is 0. The quantitative estimate of drug-likeness (QED) is 0.461. The molecule has 2 heterocycles. The fourth-order valence-electron chi connectivity index (χ4n) is 2.87. The van der Waals surface area contributed by atoms with Crippen LogP contribution in [0.25, 0.3) is 10.2 Å². The van der Waals surface area contributed by atoms with E-state index in [4.69, 9.17) is 4.74 Å². The monoisotopic (exact) mass is 438 g/mol. The average molecular weight is 439 g/mol. The number of carbonyl (C=O) groups is 2. The summed E-state index contributed by atoms with van der Waals surface area (Å²) in [6, 6.07) is 4.40. The van der Waals surface area contributed by atoms with E-state index < -0.39 is 17.6 Å². The van der Waals surface area contributed by atoms with E-state index in [1.807, 2.05) is 18.4 Å². The predicted molar refractivity (Wildman–Crippen MR) is 110 cm³/mol. The Morgan fingerprint density at radius 2 is 1.97 bits per heavy atom. The molecule has 0 bridgehead atoms. The van der Waals surface area contributed by atoms with Gasteiger partial charge in [0.15, 0.2) is 11.6 Å². The fourth-order valence-corrected chi connectivity index (χ4v) is 4.87. The first-order chi connectivity index (χ1) is 13.9. The first kappa shape index (κ1) is 21.3. The highest BCUT2D eigenvalue weighted by Crippen LogP contribution is 2.33. The third-order valence-electron chi connectivity index (χ3n) is 4.29. The lowest BCUT2D eigenvalue weighted by Crippen LogP contribution is -2.30. The van der Waals surface area contributed by atoms with Gasteiger partial charge >= 0.3 is 5.97 Å². The van der Waals surface area contributed by atoms with E-state index in [1.165, 1.54) is 17.4 Å². The first-order valence-electron chi connectivity index (χ1n) is 9.20. The number of anilines is 1. The maximum atomic E-state index is 14.0. The number of aryl methyl sites for hydroxylation is 1. The molecular weight excluding hydrogens is 418 g/mol. The van der Waals surface area contributed by atoms with E-state index in [0.717, 1.165) is 34.4 Å². The second kappa shape index (κ2) is 9.41. The van der Waals surface area contributed by atoms with Crippen molar-refractivity contribution < 1.29 is 23.1 Å².